The molecule has 0 atom stereocenters. The van der Waals surface area contributed by atoms with Crippen molar-refractivity contribution >= 4 is 29.9 Å². The molecule has 0 bridgehead atoms. The molecule has 1 heterocycles. The largest absolute Gasteiger partial charge is 0.377 e. The molecular formula is C20H35IN4O. The van der Waals surface area contributed by atoms with E-state index in [0.717, 1.165) is 32.2 Å². The molecule has 2 rings (SSSR count). The molecule has 0 saturated carbocycles. The number of nitrogens with one attached hydrogen (secondary N) is 2. The standard InChI is InChI=1S/C20H34N4O.HI/c1-3-21-20(22-12-15-24-13-8-5-9-14-24)23-16-18-10-6-7-11-19(18)17-25-4-2;/h6-7,10-11H,3-5,8-9,12-17H2,1-2H3,(H2,21,22,23);1H. The van der Waals surface area contributed by atoms with Crippen molar-refractivity contribution in [2.45, 2.75) is 46.3 Å². The van der Waals surface area contributed by atoms with E-state index in [1.165, 1.54) is 43.5 Å². The summed E-state index contributed by atoms with van der Waals surface area (Å²) in [5, 5.41) is 6.81. The minimum atomic E-state index is 0. The molecule has 148 valence electrons. The van der Waals surface area contributed by atoms with Crippen LogP contribution < -0.4 is 10.6 Å². The summed E-state index contributed by atoms with van der Waals surface area (Å²) < 4.78 is 5.56. The third-order valence-corrected chi connectivity index (χ3v) is 4.50. The summed E-state index contributed by atoms with van der Waals surface area (Å²) in [5.41, 5.74) is 2.45. The quantitative estimate of drug-likeness (QED) is 0.328. The van der Waals surface area contributed by atoms with Crippen LogP contribution in [0.1, 0.15) is 44.2 Å². The van der Waals surface area contributed by atoms with Gasteiger partial charge in [0, 0.05) is 26.2 Å². The molecule has 0 aromatic heterocycles. The molecule has 1 fully saturated rings. The van der Waals surface area contributed by atoms with Gasteiger partial charge in [-0.3, -0.25) is 0 Å². The van der Waals surface area contributed by atoms with Gasteiger partial charge in [0.2, 0.25) is 0 Å². The number of rotatable bonds is 9. The van der Waals surface area contributed by atoms with Crippen LogP contribution in [0.25, 0.3) is 0 Å². The van der Waals surface area contributed by atoms with Crippen molar-refractivity contribution in [3.63, 3.8) is 0 Å². The van der Waals surface area contributed by atoms with Gasteiger partial charge in [0.05, 0.1) is 13.2 Å². The molecule has 1 aromatic rings. The first-order valence-corrected chi connectivity index (χ1v) is 9.72. The Morgan fingerprint density at radius 2 is 1.81 bits per heavy atom. The Morgan fingerprint density at radius 3 is 2.50 bits per heavy atom. The number of nitrogens with zero attached hydrogens (tertiary/aromatic N) is 2. The van der Waals surface area contributed by atoms with Crippen molar-refractivity contribution in [2.24, 2.45) is 4.99 Å². The van der Waals surface area contributed by atoms with Crippen LogP contribution in [0.4, 0.5) is 0 Å². The first-order valence-electron chi connectivity index (χ1n) is 9.72. The van der Waals surface area contributed by atoms with Crippen molar-refractivity contribution in [1.29, 1.82) is 0 Å². The molecule has 2 N–H and O–H groups in total. The second-order valence-corrected chi connectivity index (χ2v) is 6.43. The van der Waals surface area contributed by atoms with Gasteiger partial charge in [0.25, 0.3) is 0 Å². The minimum absolute atomic E-state index is 0. The van der Waals surface area contributed by atoms with E-state index in [4.69, 9.17) is 9.73 Å². The highest BCUT2D eigenvalue weighted by Crippen LogP contribution is 2.11. The zero-order chi connectivity index (χ0) is 17.7. The lowest BCUT2D eigenvalue weighted by atomic mass is 10.1. The molecule has 5 nitrogen and oxygen atoms in total. The second kappa shape index (κ2) is 14.2. The first kappa shape index (κ1) is 23.2. The fourth-order valence-electron chi connectivity index (χ4n) is 3.09. The van der Waals surface area contributed by atoms with E-state index in [2.05, 4.69) is 46.7 Å². The number of halogens is 1. The molecule has 1 aliphatic heterocycles. The zero-order valence-corrected chi connectivity index (χ0v) is 18.6. The molecule has 1 aliphatic rings. The average molecular weight is 474 g/mol. The fraction of sp³-hybridized carbons (Fsp3) is 0.650. The van der Waals surface area contributed by atoms with E-state index in [9.17, 15) is 0 Å². The number of hydrogen-bond donors (Lipinski definition) is 2. The molecule has 0 spiro atoms. The van der Waals surface area contributed by atoms with Crippen LogP contribution in [-0.2, 0) is 17.9 Å². The first-order chi connectivity index (χ1) is 12.3. The fourth-order valence-corrected chi connectivity index (χ4v) is 3.09. The summed E-state index contributed by atoms with van der Waals surface area (Å²) in [4.78, 5) is 7.29. The Hall–Kier alpha value is -0.860. The van der Waals surface area contributed by atoms with Crippen molar-refractivity contribution in [3.05, 3.63) is 35.4 Å². The van der Waals surface area contributed by atoms with Crippen LogP contribution in [-0.4, -0.2) is 50.2 Å². The maximum absolute atomic E-state index is 5.56. The van der Waals surface area contributed by atoms with Crippen LogP contribution >= 0.6 is 24.0 Å². The Morgan fingerprint density at radius 1 is 1.08 bits per heavy atom. The molecule has 6 heteroatoms. The van der Waals surface area contributed by atoms with E-state index in [-0.39, 0.29) is 24.0 Å². The van der Waals surface area contributed by atoms with Gasteiger partial charge >= 0.3 is 0 Å². The van der Waals surface area contributed by atoms with Gasteiger partial charge in [-0.2, -0.15) is 0 Å². The van der Waals surface area contributed by atoms with Crippen LogP contribution in [0.3, 0.4) is 0 Å². The maximum atomic E-state index is 5.56. The SMILES string of the molecule is CCNC(=NCc1ccccc1COCC)NCCN1CCCCC1.I. The Bertz CT molecular complexity index is 518. The number of likely N-dealkylation sites (tertiary alicyclic amines) is 1. The highest BCUT2D eigenvalue weighted by Gasteiger charge is 2.09. The van der Waals surface area contributed by atoms with Crippen LogP contribution in [0.15, 0.2) is 29.3 Å². The number of ether oxygens (including phenoxy) is 1. The van der Waals surface area contributed by atoms with Gasteiger partial charge in [0.1, 0.15) is 0 Å². The molecule has 0 unspecified atom stereocenters. The lowest BCUT2D eigenvalue weighted by molar-refractivity contribution is 0.133. The van der Waals surface area contributed by atoms with Gasteiger partial charge in [0.15, 0.2) is 5.96 Å². The highest BCUT2D eigenvalue weighted by molar-refractivity contribution is 14.0. The maximum Gasteiger partial charge on any atom is 0.191 e. The summed E-state index contributed by atoms with van der Waals surface area (Å²) in [6.45, 7) is 11.6. The van der Waals surface area contributed by atoms with Gasteiger partial charge in [-0.15, -0.1) is 24.0 Å². The van der Waals surface area contributed by atoms with Crippen molar-refractivity contribution < 1.29 is 4.74 Å². The van der Waals surface area contributed by atoms with E-state index in [1.54, 1.807) is 0 Å². The molecule has 0 radical (unpaired) electrons. The van der Waals surface area contributed by atoms with Gasteiger partial charge in [-0.1, -0.05) is 30.7 Å². The number of guanidine groups is 1. The molecule has 26 heavy (non-hydrogen) atoms. The third-order valence-electron chi connectivity index (χ3n) is 4.50. The average Bonchev–Trinajstić information content (AvgIpc) is 2.66. The van der Waals surface area contributed by atoms with Crippen molar-refractivity contribution in [2.75, 3.05) is 39.3 Å². The predicted molar refractivity (Wildman–Crippen MR) is 120 cm³/mol. The van der Waals surface area contributed by atoms with Crippen LogP contribution in [0.5, 0.6) is 0 Å². The van der Waals surface area contributed by atoms with Crippen LogP contribution in [0.2, 0.25) is 0 Å². The molecule has 1 saturated heterocycles. The molecular weight excluding hydrogens is 439 g/mol. The minimum Gasteiger partial charge on any atom is -0.377 e. The summed E-state index contributed by atoms with van der Waals surface area (Å²) >= 11 is 0. The number of benzene rings is 1. The Balaban J connectivity index is 0.00000338. The normalized spacial score (nSPS) is 15.4. The van der Waals surface area contributed by atoms with E-state index >= 15 is 0 Å². The molecule has 1 aromatic carbocycles. The summed E-state index contributed by atoms with van der Waals surface area (Å²) in [7, 11) is 0. The number of aliphatic imine (C=N–C) groups is 1. The lowest BCUT2D eigenvalue weighted by Gasteiger charge is -2.26. The van der Waals surface area contributed by atoms with Gasteiger partial charge < -0.3 is 20.3 Å². The zero-order valence-electron chi connectivity index (χ0n) is 16.3. The van der Waals surface area contributed by atoms with Crippen molar-refractivity contribution in [1.82, 2.24) is 15.5 Å². The molecule has 0 aliphatic carbocycles. The summed E-state index contributed by atoms with van der Waals surface area (Å²) in [6, 6.07) is 8.38. The van der Waals surface area contributed by atoms with Crippen molar-refractivity contribution in [3.8, 4) is 0 Å². The smallest absolute Gasteiger partial charge is 0.191 e. The summed E-state index contributed by atoms with van der Waals surface area (Å²) in [5.74, 6) is 0.894. The van der Waals surface area contributed by atoms with E-state index < -0.39 is 0 Å². The van der Waals surface area contributed by atoms with Gasteiger partial charge in [-0.05, 0) is 50.9 Å². The van der Waals surface area contributed by atoms with Gasteiger partial charge in [-0.25, -0.2) is 4.99 Å². The highest BCUT2D eigenvalue weighted by atomic mass is 127. The monoisotopic (exact) mass is 474 g/mol. The number of piperidine rings is 1. The second-order valence-electron chi connectivity index (χ2n) is 6.43. The number of hydrogen-bond acceptors (Lipinski definition) is 3. The molecule has 0 amide bonds. The Kier molecular flexibility index (Phi) is 12.7. The topological polar surface area (TPSA) is 48.9 Å². The predicted octanol–water partition coefficient (Wildman–Crippen LogP) is 3.38. The Labute approximate surface area is 176 Å². The lowest BCUT2D eigenvalue weighted by Crippen LogP contribution is -2.42. The third kappa shape index (κ3) is 8.68. The van der Waals surface area contributed by atoms with E-state index in [0.29, 0.717) is 13.2 Å². The summed E-state index contributed by atoms with van der Waals surface area (Å²) in [6.07, 6.45) is 4.06. The van der Waals surface area contributed by atoms with Crippen LogP contribution in [0, 0.1) is 0 Å². The van der Waals surface area contributed by atoms with E-state index in [1.807, 2.05) is 6.92 Å².